The Balaban J connectivity index is 1.58. The summed E-state index contributed by atoms with van der Waals surface area (Å²) in [5, 5.41) is 6.35. The quantitative estimate of drug-likeness (QED) is 0.686. The van der Waals surface area contributed by atoms with Crippen LogP contribution in [0.5, 0.6) is 5.75 Å². The molecule has 2 aromatic carbocycles. The number of nitrogens with zero attached hydrogens (tertiary/aromatic N) is 1. The SMILES string of the molecule is Cc1cc(NC(=O)/C=C/c2cccc(OCc3ccccc3)c2)no1. The lowest BCUT2D eigenvalue weighted by Gasteiger charge is -2.06. The first kappa shape index (κ1) is 16.5. The topological polar surface area (TPSA) is 64.4 Å². The van der Waals surface area contributed by atoms with Crippen LogP contribution in [0, 0.1) is 6.92 Å². The number of hydrogen-bond acceptors (Lipinski definition) is 4. The maximum absolute atomic E-state index is 11.9. The lowest BCUT2D eigenvalue weighted by Crippen LogP contribution is -2.07. The van der Waals surface area contributed by atoms with Gasteiger partial charge in [-0.3, -0.25) is 4.79 Å². The van der Waals surface area contributed by atoms with Crippen LogP contribution in [0.1, 0.15) is 16.9 Å². The third-order valence-electron chi connectivity index (χ3n) is 3.41. The Morgan fingerprint density at radius 2 is 2.00 bits per heavy atom. The van der Waals surface area contributed by atoms with E-state index in [1.165, 1.54) is 6.08 Å². The molecule has 0 fully saturated rings. The van der Waals surface area contributed by atoms with Gasteiger partial charge in [0.2, 0.25) is 5.91 Å². The molecule has 0 aliphatic heterocycles. The smallest absolute Gasteiger partial charge is 0.249 e. The van der Waals surface area contributed by atoms with E-state index in [1.807, 2.05) is 54.6 Å². The molecule has 25 heavy (non-hydrogen) atoms. The van der Waals surface area contributed by atoms with Gasteiger partial charge in [-0.2, -0.15) is 0 Å². The Morgan fingerprint density at radius 3 is 2.76 bits per heavy atom. The maximum atomic E-state index is 11.9. The number of hydrogen-bond donors (Lipinski definition) is 1. The predicted molar refractivity (Wildman–Crippen MR) is 96.1 cm³/mol. The van der Waals surface area contributed by atoms with Gasteiger partial charge in [0.1, 0.15) is 18.1 Å². The molecule has 1 N–H and O–H groups in total. The largest absolute Gasteiger partial charge is 0.489 e. The molecule has 0 spiro atoms. The van der Waals surface area contributed by atoms with Crippen LogP contribution in [-0.2, 0) is 11.4 Å². The first-order chi connectivity index (χ1) is 12.2. The van der Waals surface area contributed by atoms with E-state index < -0.39 is 0 Å². The summed E-state index contributed by atoms with van der Waals surface area (Å²) in [7, 11) is 0. The highest BCUT2D eigenvalue weighted by atomic mass is 16.5. The Labute approximate surface area is 145 Å². The van der Waals surface area contributed by atoms with Gasteiger partial charge in [0, 0.05) is 12.1 Å². The molecule has 0 saturated heterocycles. The van der Waals surface area contributed by atoms with Crippen LogP contribution in [-0.4, -0.2) is 11.1 Å². The van der Waals surface area contributed by atoms with E-state index in [0.29, 0.717) is 18.2 Å². The van der Waals surface area contributed by atoms with Crippen molar-refractivity contribution in [3.63, 3.8) is 0 Å². The van der Waals surface area contributed by atoms with Crippen LogP contribution >= 0.6 is 0 Å². The Morgan fingerprint density at radius 1 is 1.16 bits per heavy atom. The summed E-state index contributed by atoms with van der Waals surface area (Å²) >= 11 is 0. The van der Waals surface area contributed by atoms with Gasteiger partial charge in [-0.15, -0.1) is 0 Å². The highest BCUT2D eigenvalue weighted by Crippen LogP contribution is 2.16. The Kier molecular flexibility index (Phi) is 5.26. The maximum Gasteiger partial charge on any atom is 0.249 e. The van der Waals surface area contributed by atoms with E-state index in [2.05, 4.69) is 10.5 Å². The molecule has 1 aromatic heterocycles. The zero-order valence-electron chi connectivity index (χ0n) is 13.8. The van der Waals surface area contributed by atoms with E-state index in [1.54, 1.807) is 19.1 Å². The number of benzene rings is 2. The number of aryl methyl sites for hydroxylation is 1. The molecule has 3 rings (SSSR count). The number of carbonyl (C=O) groups is 1. The molecule has 0 bridgehead atoms. The number of rotatable bonds is 6. The van der Waals surface area contributed by atoms with Crippen LogP contribution < -0.4 is 10.1 Å². The van der Waals surface area contributed by atoms with Crippen molar-refractivity contribution in [1.82, 2.24) is 5.16 Å². The van der Waals surface area contributed by atoms with Gasteiger partial charge in [0.15, 0.2) is 5.82 Å². The monoisotopic (exact) mass is 334 g/mol. The van der Waals surface area contributed by atoms with E-state index >= 15 is 0 Å². The van der Waals surface area contributed by atoms with Crippen molar-refractivity contribution in [3.8, 4) is 5.75 Å². The molecule has 0 aliphatic carbocycles. The highest BCUT2D eigenvalue weighted by molar-refractivity contribution is 6.01. The first-order valence-electron chi connectivity index (χ1n) is 7.88. The predicted octanol–water partition coefficient (Wildman–Crippen LogP) is 4.21. The third-order valence-corrected chi connectivity index (χ3v) is 3.41. The number of anilines is 1. The lowest BCUT2D eigenvalue weighted by atomic mass is 10.2. The van der Waals surface area contributed by atoms with Crippen molar-refractivity contribution in [2.75, 3.05) is 5.32 Å². The average Bonchev–Trinajstić information content (AvgIpc) is 3.04. The normalized spacial score (nSPS) is 10.8. The second-order valence-electron chi connectivity index (χ2n) is 5.49. The molecule has 0 unspecified atom stereocenters. The number of nitrogens with one attached hydrogen (secondary N) is 1. The number of carbonyl (C=O) groups excluding carboxylic acids is 1. The summed E-state index contributed by atoms with van der Waals surface area (Å²) in [6.07, 6.45) is 3.16. The number of amides is 1. The molecule has 126 valence electrons. The van der Waals surface area contributed by atoms with E-state index in [4.69, 9.17) is 9.26 Å². The van der Waals surface area contributed by atoms with Gasteiger partial charge in [-0.05, 0) is 36.3 Å². The summed E-state index contributed by atoms with van der Waals surface area (Å²) in [5.41, 5.74) is 1.97. The summed E-state index contributed by atoms with van der Waals surface area (Å²) in [6.45, 7) is 2.26. The Bertz CT molecular complexity index is 869. The minimum Gasteiger partial charge on any atom is -0.489 e. The molecule has 1 amide bonds. The van der Waals surface area contributed by atoms with E-state index in [0.717, 1.165) is 16.9 Å². The molecule has 3 aromatic rings. The molecule has 1 heterocycles. The lowest BCUT2D eigenvalue weighted by molar-refractivity contribution is -0.111. The second-order valence-corrected chi connectivity index (χ2v) is 5.49. The van der Waals surface area contributed by atoms with Gasteiger partial charge in [-0.25, -0.2) is 0 Å². The van der Waals surface area contributed by atoms with Crippen LogP contribution in [0.4, 0.5) is 5.82 Å². The minimum atomic E-state index is -0.274. The minimum absolute atomic E-state index is 0.274. The fourth-order valence-electron chi connectivity index (χ4n) is 2.21. The van der Waals surface area contributed by atoms with Crippen molar-refractivity contribution < 1.29 is 14.1 Å². The fraction of sp³-hybridized carbons (Fsp3) is 0.100. The zero-order chi connectivity index (χ0) is 17.5. The summed E-state index contributed by atoms with van der Waals surface area (Å²) in [5.74, 6) is 1.51. The summed E-state index contributed by atoms with van der Waals surface area (Å²) in [4.78, 5) is 11.9. The van der Waals surface area contributed by atoms with E-state index in [-0.39, 0.29) is 5.91 Å². The summed E-state index contributed by atoms with van der Waals surface area (Å²) in [6, 6.07) is 19.2. The van der Waals surface area contributed by atoms with Crippen LogP contribution in [0.2, 0.25) is 0 Å². The van der Waals surface area contributed by atoms with Crippen LogP contribution in [0.25, 0.3) is 6.08 Å². The van der Waals surface area contributed by atoms with Gasteiger partial charge >= 0.3 is 0 Å². The molecule has 5 heteroatoms. The zero-order valence-corrected chi connectivity index (χ0v) is 13.8. The van der Waals surface area contributed by atoms with Gasteiger partial charge in [-0.1, -0.05) is 47.6 Å². The molecule has 0 aliphatic rings. The number of ether oxygens (including phenoxy) is 1. The fourth-order valence-corrected chi connectivity index (χ4v) is 2.21. The van der Waals surface area contributed by atoms with Crippen molar-refractivity contribution >= 4 is 17.8 Å². The van der Waals surface area contributed by atoms with Gasteiger partial charge in [0.05, 0.1) is 0 Å². The molecule has 5 nitrogen and oxygen atoms in total. The number of aromatic nitrogens is 1. The molecule has 0 radical (unpaired) electrons. The van der Waals surface area contributed by atoms with Crippen molar-refractivity contribution in [1.29, 1.82) is 0 Å². The van der Waals surface area contributed by atoms with Crippen LogP contribution in [0.15, 0.2) is 71.3 Å². The van der Waals surface area contributed by atoms with E-state index in [9.17, 15) is 4.79 Å². The van der Waals surface area contributed by atoms with Crippen molar-refractivity contribution in [2.45, 2.75) is 13.5 Å². The van der Waals surface area contributed by atoms with Crippen LogP contribution in [0.3, 0.4) is 0 Å². The third kappa shape index (κ3) is 5.07. The molecule has 0 atom stereocenters. The molecular weight excluding hydrogens is 316 g/mol. The first-order valence-corrected chi connectivity index (χ1v) is 7.88. The second kappa shape index (κ2) is 7.97. The highest BCUT2D eigenvalue weighted by Gasteiger charge is 2.03. The molecule has 0 saturated carbocycles. The van der Waals surface area contributed by atoms with Gasteiger partial charge < -0.3 is 14.6 Å². The molecular formula is C20H18N2O3. The van der Waals surface area contributed by atoms with Crippen molar-refractivity contribution in [3.05, 3.63) is 83.6 Å². The Hall–Kier alpha value is -3.34. The van der Waals surface area contributed by atoms with Crippen molar-refractivity contribution in [2.24, 2.45) is 0 Å². The average molecular weight is 334 g/mol. The van der Waals surface area contributed by atoms with Gasteiger partial charge in [0.25, 0.3) is 0 Å². The summed E-state index contributed by atoms with van der Waals surface area (Å²) < 4.78 is 10.7. The standard InChI is InChI=1S/C20H18N2O3/c1-15-12-19(22-25-15)21-20(23)11-10-16-8-5-9-18(13-16)24-14-17-6-3-2-4-7-17/h2-13H,14H2,1H3,(H,21,22,23)/b11-10+.